The summed E-state index contributed by atoms with van der Waals surface area (Å²) in [6, 6.07) is 3.61. The van der Waals surface area contributed by atoms with Crippen LogP contribution in [0.5, 0.6) is 0 Å². The molecule has 3 N–H and O–H groups in total. The van der Waals surface area contributed by atoms with Crippen LogP contribution in [-0.4, -0.2) is 25.9 Å². The van der Waals surface area contributed by atoms with Gasteiger partial charge in [0.05, 0.1) is 10.4 Å². The van der Waals surface area contributed by atoms with E-state index in [1.54, 1.807) is 17.8 Å². The Morgan fingerprint density at radius 3 is 2.62 bits per heavy atom. The number of H-pyrrole nitrogens is 1. The summed E-state index contributed by atoms with van der Waals surface area (Å²) < 4.78 is 23.2. The predicted octanol–water partition coefficient (Wildman–Crippen LogP) is 1.88. The number of rotatable bonds is 2. The first kappa shape index (κ1) is 11.3. The Balaban J connectivity index is 2.92. The molecule has 1 aromatic carbocycles. The number of benzene rings is 1. The van der Waals surface area contributed by atoms with Crippen molar-refractivity contribution in [3.63, 3.8) is 0 Å². The zero-order chi connectivity index (χ0) is 11.9. The van der Waals surface area contributed by atoms with E-state index < -0.39 is 9.84 Å². The molecule has 2 rings (SSSR count). The average molecular weight is 256 g/mol. The minimum Gasteiger partial charge on any atom is -0.398 e. The highest BCUT2D eigenvalue weighted by molar-refractivity contribution is 7.98. The van der Waals surface area contributed by atoms with Gasteiger partial charge in [-0.25, -0.2) is 8.42 Å². The lowest BCUT2D eigenvalue weighted by molar-refractivity contribution is 0.602. The van der Waals surface area contributed by atoms with Gasteiger partial charge in [-0.1, -0.05) is 0 Å². The molecule has 0 amide bonds. The molecule has 0 radical (unpaired) electrons. The van der Waals surface area contributed by atoms with Gasteiger partial charge in [-0.05, 0) is 18.4 Å². The normalized spacial score (nSPS) is 12.1. The molecule has 16 heavy (non-hydrogen) atoms. The van der Waals surface area contributed by atoms with E-state index in [0.717, 1.165) is 10.4 Å². The summed E-state index contributed by atoms with van der Waals surface area (Å²) >= 11 is 1.55. The highest BCUT2D eigenvalue weighted by Gasteiger charge is 2.17. The molecule has 0 aliphatic carbocycles. The number of nitrogens with two attached hydrogens (primary N) is 1. The quantitative estimate of drug-likeness (QED) is 0.635. The van der Waals surface area contributed by atoms with Crippen molar-refractivity contribution in [2.45, 2.75) is 9.79 Å². The highest BCUT2D eigenvalue weighted by Crippen LogP contribution is 2.33. The minimum absolute atomic E-state index is 0.260. The van der Waals surface area contributed by atoms with E-state index in [1.165, 1.54) is 12.5 Å². The molecule has 0 aliphatic heterocycles. The summed E-state index contributed by atoms with van der Waals surface area (Å²) in [5.41, 5.74) is 7.09. The van der Waals surface area contributed by atoms with Crippen LogP contribution in [-0.2, 0) is 9.84 Å². The number of nitrogen functional groups attached to an aromatic ring is 1. The van der Waals surface area contributed by atoms with Crippen LogP contribution in [0, 0.1) is 0 Å². The van der Waals surface area contributed by atoms with E-state index >= 15 is 0 Å². The van der Waals surface area contributed by atoms with Crippen LogP contribution in [0.2, 0.25) is 0 Å². The first-order valence-corrected chi connectivity index (χ1v) is 7.70. The Kier molecular flexibility index (Phi) is 2.63. The van der Waals surface area contributed by atoms with Crippen molar-refractivity contribution in [1.29, 1.82) is 0 Å². The predicted molar refractivity (Wildman–Crippen MR) is 67.6 cm³/mol. The van der Waals surface area contributed by atoms with Crippen LogP contribution >= 0.6 is 11.8 Å². The lowest BCUT2D eigenvalue weighted by Gasteiger charge is -2.03. The molecule has 0 fully saturated rings. The lowest BCUT2D eigenvalue weighted by atomic mass is 10.2. The Morgan fingerprint density at radius 1 is 1.38 bits per heavy atom. The number of hydrogen-bond donors (Lipinski definition) is 2. The number of sulfone groups is 1. The van der Waals surface area contributed by atoms with E-state index in [1.807, 2.05) is 12.3 Å². The van der Waals surface area contributed by atoms with Crippen LogP contribution in [0.1, 0.15) is 0 Å². The molecule has 6 heteroatoms. The fourth-order valence-corrected chi connectivity index (χ4v) is 3.11. The lowest BCUT2D eigenvalue weighted by Crippen LogP contribution is -1.97. The smallest absolute Gasteiger partial charge is 0.177 e. The first-order chi connectivity index (χ1) is 7.45. The molecule has 1 heterocycles. The van der Waals surface area contributed by atoms with Crippen molar-refractivity contribution in [3.05, 3.63) is 18.3 Å². The van der Waals surface area contributed by atoms with Crippen molar-refractivity contribution in [1.82, 2.24) is 4.98 Å². The molecule has 0 saturated heterocycles. The first-order valence-electron chi connectivity index (χ1n) is 4.58. The van der Waals surface area contributed by atoms with Gasteiger partial charge in [0.15, 0.2) is 9.84 Å². The molecular formula is C10H12N2O2S2. The van der Waals surface area contributed by atoms with Gasteiger partial charge in [0.1, 0.15) is 0 Å². The number of aromatic nitrogens is 1. The third kappa shape index (κ3) is 1.68. The second-order valence-electron chi connectivity index (χ2n) is 3.53. The topological polar surface area (TPSA) is 76.0 Å². The summed E-state index contributed by atoms with van der Waals surface area (Å²) in [6.45, 7) is 0. The third-order valence-electron chi connectivity index (χ3n) is 2.41. The minimum atomic E-state index is -3.25. The maximum absolute atomic E-state index is 11.6. The highest BCUT2D eigenvalue weighted by atomic mass is 32.2. The molecule has 0 aliphatic rings. The number of thioether (sulfide) groups is 1. The summed E-state index contributed by atoms with van der Waals surface area (Å²) in [5.74, 6) is 0. The molecule has 0 unspecified atom stereocenters. The van der Waals surface area contributed by atoms with Crippen molar-refractivity contribution < 1.29 is 8.42 Å². The number of fused-ring (bicyclic) bond motifs is 1. The molecular weight excluding hydrogens is 244 g/mol. The number of aromatic amines is 1. The zero-order valence-corrected chi connectivity index (χ0v) is 10.6. The van der Waals surface area contributed by atoms with Crippen molar-refractivity contribution in [2.24, 2.45) is 0 Å². The molecule has 86 valence electrons. The van der Waals surface area contributed by atoms with Gasteiger partial charge >= 0.3 is 0 Å². The SMILES string of the molecule is CSc1ccc(N)c2c(S(C)(=O)=O)c[nH]c12. The number of nitrogens with one attached hydrogen (secondary N) is 1. The summed E-state index contributed by atoms with van der Waals surface area (Å²) in [4.78, 5) is 4.22. The van der Waals surface area contributed by atoms with Gasteiger partial charge in [0, 0.05) is 28.4 Å². The van der Waals surface area contributed by atoms with Gasteiger partial charge in [-0.15, -0.1) is 11.8 Å². The fourth-order valence-electron chi connectivity index (χ4n) is 1.68. The molecule has 0 atom stereocenters. The van der Waals surface area contributed by atoms with Gasteiger partial charge in [0.2, 0.25) is 0 Å². The third-order valence-corrected chi connectivity index (χ3v) is 4.31. The second kappa shape index (κ2) is 3.71. The molecule has 0 spiro atoms. The Morgan fingerprint density at radius 2 is 2.06 bits per heavy atom. The van der Waals surface area contributed by atoms with E-state index in [4.69, 9.17) is 5.73 Å². The molecule has 2 aromatic rings. The van der Waals surface area contributed by atoms with Crippen LogP contribution in [0.15, 0.2) is 28.1 Å². The summed E-state index contributed by atoms with van der Waals surface area (Å²) in [6.07, 6.45) is 4.61. The van der Waals surface area contributed by atoms with E-state index in [2.05, 4.69) is 4.98 Å². The summed E-state index contributed by atoms with van der Waals surface area (Å²) in [7, 11) is -3.25. The standard InChI is InChI=1S/C10H12N2O2S2/c1-15-7-4-3-6(11)9-8(16(2,13)14)5-12-10(7)9/h3-5,12H,11H2,1-2H3. The molecule has 0 saturated carbocycles. The van der Waals surface area contributed by atoms with Crippen LogP contribution < -0.4 is 5.73 Å². The van der Waals surface area contributed by atoms with Crippen LogP contribution in [0.3, 0.4) is 0 Å². The second-order valence-corrected chi connectivity index (χ2v) is 6.36. The Hall–Kier alpha value is -1.14. The van der Waals surface area contributed by atoms with Crippen molar-refractivity contribution in [2.75, 3.05) is 18.2 Å². The largest absolute Gasteiger partial charge is 0.398 e. The zero-order valence-electron chi connectivity index (χ0n) is 8.94. The van der Waals surface area contributed by atoms with Gasteiger partial charge < -0.3 is 10.7 Å². The maximum atomic E-state index is 11.6. The molecule has 0 bridgehead atoms. The van der Waals surface area contributed by atoms with E-state index in [0.29, 0.717) is 11.1 Å². The van der Waals surface area contributed by atoms with E-state index in [-0.39, 0.29) is 4.90 Å². The number of anilines is 1. The number of hydrogen-bond acceptors (Lipinski definition) is 4. The molecule has 1 aromatic heterocycles. The van der Waals surface area contributed by atoms with Gasteiger partial charge in [-0.2, -0.15) is 0 Å². The maximum Gasteiger partial charge on any atom is 0.177 e. The van der Waals surface area contributed by atoms with Gasteiger partial charge in [-0.3, -0.25) is 0 Å². The van der Waals surface area contributed by atoms with Crippen LogP contribution in [0.4, 0.5) is 5.69 Å². The van der Waals surface area contributed by atoms with Crippen LogP contribution in [0.25, 0.3) is 10.9 Å². The van der Waals surface area contributed by atoms with Crippen molar-refractivity contribution >= 4 is 38.2 Å². The van der Waals surface area contributed by atoms with Gasteiger partial charge in [0.25, 0.3) is 0 Å². The average Bonchev–Trinajstić information content (AvgIpc) is 2.63. The van der Waals surface area contributed by atoms with E-state index in [9.17, 15) is 8.42 Å². The Labute approximate surface area is 98.1 Å². The Bertz CT molecular complexity index is 644. The fraction of sp³-hybridized carbons (Fsp3) is 0.200. The molecule has 4 nitrogen and oxygen atoms in total. The van der Waals surface area contributed by atoms with Crippen molar-refractivity contribution in [3.8, 4) is 0 Å². The summed E-state index contributed by atoms with van der Waals surface area (Å²) in [5, 5.41) is 0.592. The monoisotopic (exact) mass is 256 g/mol.